The largest absolute Gasteiger partial charge is 0.463 e. The minimum absolute atomic E-state index is 0.0870. The lowest BCUT2D eigenvalue weighted by Crippen LogP contribution is -2.51. The molecule has 2 aliphatic rings. The predicted octanol–water partition coefficient (Wildman–Crippen LogP) is 3.77. The second-order valence-corrected chi connectivity index (χ2v) is 10.2. The number of rotatable bonds is 8. The Morgan fingerprint density at radius 1 is 1.22 bits per heavy atom. The number of aromatic nitrogens is 2. The highest BCUT2D eigenvalue weighted by molar-refractivity contribution is 5.89. The van der Waals surface area contributed by atoms with E-state index in [0.717, 1.165) is 49.7 Å². The molecule has 5 rings (SSSR count). The van der Waals surface area contributed by atoms with E-state index in [1.807, 2.05) is 0 Å². The minimum atomic E-state index is -0.0870. The Morgan fingerprint density at radius 2 is 2.05 bits per heavy atom. The van der Waals surface area contributed by atoms with Crippen LogP contribution < -0.4 is 15.0 Å². The van der Waals surface area contributed by atoms with E-state index >= 15 is 0 Å². The smallest absolute Gasteiger partial charge is 0.318 e. The highest BCUT2D eigenvalue weighted by atomic mass is 16.5. The molecule has 2 aromatic carbocycles. The third-order valence-electron chi connectivity index (χ3n) is 7.22. The van der Waals surface area contributed by atoms with Crippen molar-refractivity contribution in [2.75, 3.05) is 51.8 Å². The Kier molecular flexibility index (Phi) is 7.85. The average Bonchev–Trinajstić information content (AvgIpc) is 2.90. The number of nitrogens with zero attached hydrogens (tertiary/aromatic N) is 5. The van der Waals surface area contributed by atoms with E-state index in [1.165, 1.54) is 21.9 Å². The zero-order valence-corrected chi connectivity index (χ0v) is 22.0. The summed E-state index contributed by atoms with van der Waals surface area (Å²) in [7, 11) is 4.12. The molecule has 1 fully saturated rings. The molecule has 0 saturated carbocycles. The van der Waals surface area contributed by atoms with E-state index in [2.05, 4.69) is 78.6 Å². The number of anilines is 1. The van der Waals surface area contributed by atoms with E-state index < -0.39 is 0 Å². The maximum Gasteiger partial charge on any atom is 0.318 e. The maximum absolute atomic E-state index is 9.23. The molecule has 8 heteroatoms. The number of ether oxygens (including phenoxy) is 2. The predicted molar refractivity (Wildman–Crippen MR) is 145 cm³/mol. The summed E-state index contributed by atoms with van der Waals surface area (Å²) in [6, 6.07) is 15.7. The molecule has 0 bridgehead atoms. The van der Waals surface area contributed by atoms with Gasteiger partial charge in [-0.3, -0.25) is 0 Å². The van der Waals surface area contributed by atoms with Gasteiger partial charge in [0.25, 0.3) is 0 Å². The molecule has 8 nitrogen and oxygen atoms in total. The van der Waals surface area contributed by atoms with Crippen LogP contribution in [0, 0.1) is 18.3 Å². The summed E-state index contributed by atoms with van der Waals surface area (Å²) < 4.78 is 12.6. The van der Waals surface area contributed by atoms with Gasteiger partial charge in [0.05, 0.1) is 37.5 Å². The summed E-state index contributed by atoms with van der Waals surface area (Å²) in [5.74, 6) is 0.879. The third kappa shape index (κ3) is 5.69. The lowest BCUT2D eigenvalue weighted by Gasteiger charge is -2.36. The SMILES string of the molecule is Cc1cccc2cccc(C3Cc4nc(OCCCN(C)C)nc(N5CCN[C@@H](CC#N)C5)c4CO3)c12. The quantitative estimate of drug-likeness (QED) is 0.468. The van der Waals surface area contributed by atoms with Crippen molar-refractivity contribution in [3.63, 3.8) is 0 Å². The fourth-order valence-corrected chi connectivity index (χ4v) is 5.40. The van der Waals surface area contributed by atoms with E-state index in [-0.39, 0.29) is 12.1 Å². The van der Waals surface area contributed by atoms with Crippen LogP contribution in [0.4, 0.5) is 5.82 Å². The lowest BCUT2D eigenvalue weighted by molar-refractivity contribution is 0.0265. The normalized spacial score (nSPS) is 19.6. The Labute approximate surface area is 219 Å². The molecule has 3 aromatic rings. The van der Waals surface area contributed by atoms with E-state index in [9.17, 15) is 5.26 Å². The zero-order valence-electron chi connectivity index (χ0n) is 22.0. The molecule has 37 heavy (non-hydrogen) atoms. The standard InChI is InChI=1S/C29H36N6O2/c1-20-7-4-8-21-9-5-10-23(27(20)21)26-17-25-24(19-37-26)28(35-15-13-31-22(18-35)11-12-30)33-29(32-25)36-16-6-14-34(2)3/h4-5,7-10,22,26,31H,6,11,13-19H2,1-3H3/t22-,26?/m0/s1. The van der Waals surface area contributed by atoms with Gasteiger partial charge in [0.1, 0.15) is 5.82 Å². The molecule has 2 aliphatic heterocycles. The van der Waals surface area contributed by atoms with Crippen molar-refractivity contribution in [2.24, 2.45) is 0 Å². The molecule has 1 unspecified atom stereocenters. The van der Waals surface area contributed by atoms with Gasteiger partial charge in [-0.2, -0.15) is 15.2 Å². The lowest BCUT2D eigenvalue weighted by atomic mass is 9.92. The fraction of sp³-hybridized carbons (Fsp3) is 0.483. The molecular weight excluding hydrogens is 464 g/mol. The van der Waals surface area contributed by atoms with Crippen LogP contribution in [0.3, 0.4) is 0 Å². The van der Waals surface area contributed by atoms with Crippen LogP contribution in [0.5, 0.6) is 6.01 Å². The van der Waals surface area contributed by atoms with Gasteiger partial charge >= 0.3 is 6.01 Å². The van der Waals surface area contributed by atoms with Gasteiger partial charge < -0.3 is 24.6 Å². The number of nitriles is 1. The monoisotopic (exact) mass is 500 g/mol. The van der Waals surface area contributed by atoms with Crippen molar-refractivity contribution in [2.45, 2.75) is 44.9 Å². The molecule has 0 spiro atoms. The van der Waals surface area contributed by atoms with Gasteiger partial charge in [0, 0.05) is 44.2 Å². The molecule has 0 radical (unpaired) electrons. The van der Waals surface area contributed by atoms with E-state index in [0.29, 0.717) is 32.1 Å². The van der Waals surface area contributed by atoms with Crippen molar-refractivity contribution < 1.29 is 9.47 Å². The number of hydrogen-bond acceptors (Lipinski definition) is 8. The summed E-state index contributed by atoms with van der Waals surface area (Å²) in [5.41, 5.74) is 4.47. The second-order valence-electron chi connectivity index (χ2n) is 10.2. The zero-order chi connectivity index (χ0) is 25.8. The molecular formula is C29H36N6O2. The fourth-order valence-electron chi connectivity index (χ4n) is 5.40. The minimum Gasteiger partial charge on any atom is -0.463 e. The molecule has 1 saturated heterocycles. The number of piperazine rings is 1. The van der Waals surface area contributed by atoms with Crippen LogP contribution >= 0.6 is 0 Å². The number of benzene rings is 2. The van der Waals surface area contributed by atoms with Crippen LogP contribution in [0.1, 0.15) is 41.3 Å². The van der Waals surface area contributed by atoms with Gasteiger partial charge in [-0.25, -0.2) is 0 Å². The van der Waals surface area contributed by atoms with Crippen molar-refractivity contribution >= 4 is 16.6 Å². The first-order chi connectivity index (χ1) is 18.0. The molecule has 0 aliphatic carbocycles. The second kappa shape index (κ2) is 11.4. The van der Waals surface area contributed by atoms with Crippen LogP contribution in [0.25, 0.3) is 10.8 Å². The summed E-state index contributed by atoms with van der Waals surface area (Å²) in [5, 5.41) is 15.2. The number of aryl methyl sites for hydroxylation is 1. The molecule has 0 amide bonds. The highest BCUT2D eigenvalue weighted by Crippen LogP contribution is 2.38. The van der Waals surface area contributed by atoms with Crippen LogP contribution in [0.15, 0.2) is 36.4 Å². The molecule has 194 valence electrons. The molecule has 2 atom stereocenters. The average molecular weight is 501 g/mol. The number of fused-ring (bicyclic) bond motifs is 2. The van der Waals surface area contributed by atoms with Crippen molar-refractivity contribution in [3.8, 4) is 12.1 Å². The Balaban J connectivity index is 1.47. The Morgan fingerprint density at radius 3 is 2.86 bits per heavy atom. The summed E-state index contributed by atoms with van der Waals surface area (Å²) in [6.07, 6.45) is 1.95. The van der Waals surface area contributed by atoms with Crippen molar-refractivity contribution in [1.29, 1.82) is 5.26 Å². The first-order valence-corrected chi connectivity index (χ1v) is 13.2. The number of nitrogens with one attached hydrogen (secondary N) is 1. The van der Waals surface area contributed by atoms with E-state index in [1.54, 1.807) is 0 Å². The first-order valence-electron chi connectivity index (χ1n) is 13.2. The van der Waals surface area contributed by atoms with Gasteiger partial charge in [-0.05, 0) is 49.3 Å². The van der Waals surface area contributed by atoms with Crippen LogP contribution in [-0.2, 0) is 17.8 Å². The summed E-state index contributed by atoms with van der Waals surface area (Å²) in [6.45, 7) is 6.47. The van der Waals surface area contributed by atoms with Gasteiger partial charge in [-0.15, -0.1) is 0 Å². The van der Waals surface area contributed by atoms with Crippen LogP contribution in [0.2, 0.25) is 0 Å². The highest BCUT2D eigenvalue weighted by Gasteiger charge is 2.31. The number of hydrogen-bond donors (Lipinski definition) is 1. The first kappa shape index (κ1) is 25.4. The summed E-state index contributed by atoms with van der Waals surface area (Å²) >= 11 is 0. The maximum atomic E-state index is 9.23. The summed E-state index contributed by atoms with van der Waals surface area (Å²) in [4.78, 5) is 14.2. The third-order valence-corrected chi connectivity index (χ3v) is 7.22. The topological polar surface area (TPSA) is 86.5 Å². The van der Waals surface area contributed by atoms with Crippen molar-refractivity contribution in [1.82, 2.24) is 20.2 Å². The van der Waals surface area contributed by atoms with Gasteiger partial charge in [0.15, 0.2) is 0 Å². The van der Waals surface area contributed by atoms with Gasteiger partial charge in [0.2, 0.25) is 0 Å². The Hall–Kier alpha value is -3.25. The van der Waals surface area contributed by atoms with E-state index in [4.69, 9.17) is 19.4 Å². The van der Waals surface area contributed by atoms with Crippen molar-refractivity contribution in [3.05, 3.63) is 58.8 Å². The molecule has 3 heterocycles. The van der Waals surface area contributed by atoms with Gasteiger partial charge in [-0.1, -0.05) is 36.4 Å². The Bertz CT molecular complexity index is 1280. The van der Waals surface area contributed by atoms with Crippen LogP contribution in [-0.4, -0.2) is 67.8 Å². The molecule has 1 aromatic heterocycles. The molecule has 1 N–H and O–H groups in total.